The van der Waals surface area contributed by atoms with Crippen LogP contribution in [0, 0.1) is 6.92 Å². The molecule has 2 nitrogen and oxygen atoms in total. The van der Waals surface area contributed by atoms with Gasteiger partial charge in [0, 0.05) is 23.7 Å². The number of hydrogen-bond donors (Lipinski definition) is 2. The van der Waals surface area contributed by atoms with Crippen molar-refractivity contribution in [2.24, 2.45) is 0 Å². The quantitative estimate of drug-likeness (QED) is 0.762. The maximum Gasteiger partial charge on any atom is 0.0456 e. The zero-order valence-corrected chi connectivity index (χ0v) is 8.03. The molecule has 1 atom stereocenters. The van der Waals surface area contributed by atoms with Crippen molar-refractivity contribution in [3.05, 3.63) is 42.9 Å². The number of H-pyrrole nitrogens is 1. The highest BCUT2D eigenvalue weighted by atomic mass is 16.3. The molecule has 2 aromatic rings. The van der Waals surface area contributed by atoms with E-state index in [0.29, 0.717) is 6.42 Å². The molecule has 2 N–H and O–H groups in total. The van der Waals surface area contributed by atoms with Gasteiger partial charge in [0.05, 0.1) is 0 Å². The molecule has 0 saturated carbocycles. The van der Waals surface area contributed by atoms with Crippen LogP contribution in [0.4, 0.5) is 0 Å². The first-order chi connectivity index (χ1) is 6.83. The van der Waals surface area contributed by atoms with Crippen molar-refractivity contribution in [1.82, 2.24) is 4.98 Å². The average molecular weight is 188 g/mol. The first-order valence-electron chi connectivity index (χ1n) is 4.83. The van der Waals surface area contributed by atoms with E-state index in [9.17, 15) is 0 Å². The number of para-hydroxylation sites is 1. The SMILES string of the molecule is [CH2]C(CCO)c1c[nH]c2ccccc12. The summed E-state index contributed by atoms with van der Waals surface area (Å²) in [6.45, 7) is 4.23. The van der Waals surface area contributed by atoms with E-state index in [1.54, 1.807) is 0 Å². The molecule has 1 aromatic carbocycles. The number of hydrogen-bond acceptors (Lipinski definition) is 1. The molecular formula is C12H14NO. The van der Waals surface area contributed by atoms with E-state index >= 15 is 0 Å². The minimum absolute atomic E-state index is 0.163. The van der Waals surface area contributed by atoms with Crippen LogP contribution in [0.25, 0.3) is 10.9 Å². The van der Waals surface area contributed by atoms with Gasteiger partial charge in [-0.2, -0.15) is 0 Å². The Morgan fingerprint density at radius 2 is 2.14 bits per heavy atom. The molecule has 1 heterocycles. The molecule has 1 radical (unpaired) electrons. The summed E-state index contributed by atoms with van der Waals surface area (Å²) < 4.78 is 0. The Hall–Kier alpha value is -1.28. The highest BCUT2D eigenvalue weighted by Crippen LogP contribution is 2.26. The Balaban J connectivity index is 2.42. The molecule has 0 spiro atoms. The van der Waals surface area contributed by atoms with E-state index in [2.05, 4.69) is 18.0 Å². The van der Waals surface area contributed by atoms with Crippen molar-refractivity contribution in [1.29, 1.82) is 0 Å². The normalized spacial score (nSPS) is 13.3. The Kier molecular flexibility index (Phi) is 2.55. The van der Waals surface area contributed by atoms with Gasteiger partial charge >= 0.3 is 0 Å². The minimum atomic E-state index is 0.163. The van der Waals surface area contributed by atoms with Gasteiger partial charge in [0.1, 0.15) is 0 Å². The zero-order valence-electron chi connectivity index (χ0n) is 8.03. The maximum atomic E-state index is 8.86. The number of aliphatic hydroxyl groups is 1. The predicted molar refractivity (Wildman–Crippen MR) is 58.1 cm³/mol. The van der Waals surface area contributed by atoms with Crippen molar-refractivity contribution in [3.8, 4) is 0 Å². The van der Waals surface area contributed by atoms with Crippen LogP contribution in [0.3, 0.4) is 0 Å². The second-order valence-corrected chi connectivity index (χ2v) is 3.50. The highest BCUT2D eigenvalue weighted by molar-refractivity contribution is 5.83. The van der Waals surface area contributed by atoms with Gasteiger partial charge in [-0.05, 0) is 30.9 Å². The molecule has 2 rings (SSSR count). The third-order valence-corrected chi connectivity index (χ3v) is 2.54. The molecule has 0 amide bonds. The Bertz CT molecular complexity index is 419. The molecule has 1 aromatic heterocycles. The molecular weight excluding hydrogens is 174 g/mol. The Morgan fingerprint density at radius 3 is 2.93 bits per heavy atom. The van der Waals surface area contributed by atoms with Crippen LogP contribution in [-0.4, -0.2) is 16.7 Å². The fourth-order valence-corrected chi connectivity index (χ4v) is 1.74. The molecule has 2 heteroatoms. The Morgan fingerprint density at radius 1 is 1.36 bits per heavy atom. The van der Waals surface area contributed by atoms with Gasteiger partial charge in [-0.15, -0.1) is 0 Å². The summed E-state index contributed by atoms with van der Waals surface area (Å²) in [6.07, 6.45) is 2.69. The fourth-order valence-electron chi connectivity index (χ4n) is 1.74. The summed E-state index contributed by atoms with van der Waals surface area (Å²) in [7, 11) is 0. The summed E-state index contributed by atoms with van der Waals surface area (Å²) in [5.74, 6) is 0.163. The summed E-state index contributed by atoms with van der Waals surface area (Å²) >= 11 is 0. The number of aromatic amines is 1. The van der Waals surface area contributed by atoms with E-state index in [0.717, 1.165) is 5.52 Å². The van der Waals surface area contributed by atoms with E-state index in [4.69, 9.17) is 5.11 Å². The standard InChI is InChI=1S/C12H14NO/c1-9(6-7-14)11-8-13-12-5-3-2-4-10(11)12/h2-5,8-9,13-14H,1,6-7H2. The van der Waals surface area contributed by atoms with Crippen LogP contribution < -0.4 is 0 Å². The number of aliphatic hydroxyl groups excluding tert-OH is 1. The van der Waals surface area contributed by atoms with Gasteiger partial charge in [-0.1, -0.05) is 18.2 Å². The van der Waals surface area contributed by atoms with Crippen molar-refractivity contribution in [2.45, 2.75) is 12.3 Å². The van der Waals surface area contributed by atoms with Crippen molar-refractivity contribution < 1.29 is 5.11 Å². The molecule has 0 fully saturated rings. The average Bonchev–Trinajstić information content (AvgIpc) is 2.61. The molecule has 0 bridgehead atoms. The fraction of sp³-hybridized carbons (Fsp3) is 0.250. The second kappa shape index (κ2) is 3.84. The topological polar surface area (TPSA) is 36.0 Å². The molecule has 0 saturated heterocycles. The lowest BCUT2D eigenvalue weighted by molar-refractivity contribution is 0.282. The van der Waals surface area contributed by atoms with Gasteiger partial charge in [0.2, 0.25) is 0 Å². The van der Waals surface area contributed by atoms with Crippen LogP contribution in [0.1, 0.15) is 17.9 Å². The number of aromatic nitrogens is 1. The number of fused-ring (bicyclic) bond motifs is 1. The molecule has 1 unspecified atom stereocenters. The van der Waals surface area contributed by atoms with Gasteiger partial charge in [-0.25, -0.2) is 0 Å². The van der Waals surface area contributed by atoms with E-state index in [1.165, 1.54) is 10.9 Å². The van der Waals surface area contributed by atoms with Gasteiger partial charge in [0.25, 0.3) is 0 Å². The second-order valence-electron chi connectivity index (χ2n) is 3.50. The van der Waals surface area contributed by atoms with Gasteiger partial charge in [0.15, 0.2) is 0 Å². The van der Waals surface area contributed by atoms with Crippen LogP contribution in [-0.2, 0) is 0 Å². The minimum Gasteiger partial charge on any atom is -0.396 e. The lowest BCUT2D eigenvalue weighted by atomic mass is 9.98. The van der Waals surface area contributed by atoms with Crippen LogP contribution in [0.2, 0.25) is 0 Å². The largest absolute Gasteiger partial charge is 0.396 e. The molecule has 0 aliphatic rings. The smallest absolute Gasteiger partial charge is 0.0456 e. The molecule has 0 aliphatic carbocycles. The maximum absolute atomic E-state index is 8.86. The predicted octanol–water partition coefficient (Wildman–Crippen LogP) is 2.47. The zero-order chi connectivity index (χ0) is 9.97. The van der Waals surface area contributed by atoms with Crippen molar-refractivity contribution in [3.63, 3.8) is 0 Å². The van der Waals surface area contributed by atoms with Gasteiger partial charge < -0.3 is 10.1 Å². The highest BCUT2D eigenvalue weighted by Gasteiger charge is 2.09. The third kappa shape index (κ3) is 1.53. The summed E-state index contributed by atoms with van der Waals surface area (Å²) in [5.41, 5.74) is 2.32. The van der Waals surface area contributed by atoms with E-state index < -0.39 is 0 Å². The molecule has 0 aliphatic heterocycles. The molecule has 73 valence electrons. The third-order valence-electron chi connectivity index (χ3n) is 2.54. The van der Waals surface area contributed by atoms with Gasteiger partial charge in [-0.3, -0.25) is 0 Å². The molecule has 14 heavy (non-hydrogen) atoms. The Labute approximate surface area is 83.6 Å². The summed E-state index contributed by atoms with van der Waals surface area (Å²) in [4.78, 5) is 3.21. The lowest BCUT2D eigenvalue weighted by Crippen LogP contribution is -1.95. The van der Waals surface area contributed by atoms with Crippen molar-refractivity contribution >= 4 is 10.9 Å². The number of benzene rings is 1. The van der Waals surface area contributed by atoms with Crippen molar-refractivity contribution in [2.75, 3.05) is 6.61 Å². The summed E-state index contributed by atoms with van der Waals surface area (Å²) in [6, 6.07) is 8.15. The van der Waals surface area contributed by atoms with Crippen LogP contribution >= 0.6 is 0 Å². The first-order valence-corrected chi connectivity index (χ1v) is 4.83. The lowest BCUT2D eigenvalue weighted by Gasteiger charge is -2.07. The van der Waals surface area contributed by atoms with Crippen LogP contribution in [0.5, 0.6) is 0 Å². The van der Waals surface area contributed by atoms with E-state index in [1.807, 2.05) is 24.4 Å². The number of nitrogens with one attached hydrogen (secondary N) is 1. The first kappa shape index (κ1) is 9.28. The van der Waals surface area contributed by atoms with Crippen LogP contribution in [0.15, 0.2) is 30.5 Å². The van der Waals surface area contributed by atoms with E-state index in [-0.39, 0.29) is 12.5 Å². The number of rotatable bonds is 3. The summed E-state index contributed by atoms with van der Waals surface area (Å²) in [5, 5.41) is 10.1. The monoisotopic (exact) mass is 188 g/mol.